The van der Waals surface area contributed by atoms with E-state index in [1.54, 1.807) is 0 Å². The minimum absolute atomic E-state index is 0.127. The number of Topliss-reactive ketones (excluding diaryl/α,β-unsaturated/α-hetero) is 1. The Kier molecular flexibility index (Phi) is 3.89. The van der Waals surface area contributed by atoms with Crippen molar-refractivity contribution in [1.29, 1.82) is 0 Å². The van der Waals surface area contributed by atoms with Gasteiger partial charge in [0, 0.05) is 13.0 Å². The Morgan fingerprint density at radius 3 is 2.65 bits per heavy atom. The van der Waals surface area contributed by atoms with E-state index >= 15 is 0 Å². The molecule has 0 N–H and O–H groups in total. The molecule has 0 saturated carbocycles. The molecule has 0 bridgehead atoms. The van der Waals surface area contributed by atoms with Crippen molar-refractivity contribution in [3.63, 3.8) is 0 Å². The Hall–Kier alpha value is -1.67. The predicted molar refractivity (Wildman–Crippen MR) is 69.2 cm³/mol. The van der Waals surface area contributed by atoms with E-state index in [9.17, 15) is 4.79 Å². The van der Waals surface area contributed by atoms with Crippen LogP contribution in [-0.2, 0) is 16.0 Å². The second kappa shape index (κ2) is 5.60. The number of rotatable bonds is 5. The van der Waals surface area contributed by atoms with E-state index in [0.717, 1.165) is 5.56 Å². The molecule has 0 saturated heterocycles. The summed E-state index contributed by atoms with van der Waals surface area (Å²) in [6.45, 7) is 2.69. The molecule has 0 spiro atoms. The van der Waals surface area contributed by atoms with E-state index in [4.69, 9.17) is 4.74 Å². The third-order valence-corrected chi connectivity index (χ3v) is 2.68. The average molecular weight is 228 g/mol. The molecule has 2 nitrogen and oxygen atoms in total. The molecule has 0 unspecified atom stereocenters. The van der Waals surface area contributed by atoms with Gasteiger partial charge in [0.1, 0.15) is 6.61 Å². The topological polar surface area (TPSA) is 26.3 Å². The largest absolute Gasteiger partial charge is 0.374 e. The van der Waals surface area contributed by atoms with Crippen LogP contribution in [0.15, 0.2) is 42.5 Å². The van der Waals surface area contributed by atoms with Gasteiger partial charge in [-0.2, -0.15) is 0 Å². The van der Waals surface area contributed by atoms with Crippen LogP contribution in [0.3, 0.4) is 0 Å². The second-order valence-corrected chi connectivity index (χ2v) is 4.03. The molecule has 2 aromatic carbocycles. The van der Waals surface area contributed by atoms with Gasteiger partial charge in [0.2, 0.25) is 0 Å². The van der Waals surface area contributed by atoms with Gasteiger partial charge >= 0.3 is 0 Å². The van der Waals surface area contributed by atoms with Crippen molar-refractivity contribution in [2.45, 2.75) is 13.3 Å². The Balaban J connectivity index is 2.11. The highest BCUT2D eigenvalue weighted by atomic mass is 16.5. The number of ether oxygens (including phenoxy) is 1. The minimum atomic E-state index is 0.127. The lowest BCUT2D eigenvalue weighted by atomic mass is 10.0. The molecule has 2 rings (SSSR count). The summed E-state index contributed by atoms with van der Waals surface area (Å²) in [4.78, 5) is 11.6. The predicted octanol–water partition coefficient (Wildman–Crippen LogP) is 2.99. The van der Waals surface area contributed by atoms with E-state index in [2.05, 4.69) is 24.3 Å². The van der Waals surface area contributed by atoms with Crippen molar-refractivity contribution in [2.24, 2.45) is 0 Å². The molecule has 0 aliphatic carbocycles. The molecular formula is C15H16O2. The van der Waals surface area contributed by atoms with Gasteiger partial charge in [0.25, 0.3) is 0 Å². The van der Waals surface area contributed by atoms with Crippen LogP contribution < -0.4 is 0 Å². The first-order valence-corrected chi connectivity index (χ1v) is 5.86. The molecular weight excluding hydrogens is 212 g/mol. The first-order chi connectivity index (χ1) is 8.29. The molecule has 0 amide bonds. The molecule has 0 heterocycles. The van der Waals surface area contributed by atoms with Crippen LogP contribution in [0.1, 0.15) is 12.5 Å². The number of hydrogen-bond acceptors (Lipinski definition) is 2. The van der Waals surface area contributed by atoms with Crippen LogP contribution >= 0.6 is 0 Å². The molecule has 0 aromatic heterocycles. The number of hydrogen-bond donors (Lipinski definition) is 0. The zero-order chi connectivity index (χ0) is 12.1. The van der Waals surface area contributed by atoms with Crippen molar-refractivity contribution >= 4 is 16.6 Å². The Morgan fingerprint density at radius 1 is 1.12 bits per heavy atom. The molecule has 0 radical (unpaired) electrons. The second-order valence-electron chi connectivity index (χ2n) is 4.03. The zero-order valence-electron chi connectivity index (χ0n) is 9.98. The van der Waals surface area contributed by atoms with Crippen LogP contribution in [0.5, 0.6) is 0 Å². The van der Waals surface area contributed by atoms with E-state index < -0.39 is 0 Å². The highest BCUT2D eigenvalue weighted by Gasteiger charge is 2.04. The third kappa shape index (κ3) is 3.14. The van der Waals surface area contributed by atoms with Crippen LogP contribution in [0.4, 0.5) is 0 Å². The van der Waals surface area contributed by atoms with Gasteiger partial charge in [-0.1, -0.05) is 42.5 Å². The lowest BCUT2D eigenvalue weighted by Crippen LogP contribution is -2.11. The summed E-state index contributed by atoms with van der Waals surface area (Å²) in [5, 5.41) is 2.38. The van der Waals surface area contributed by atoms with E-state index in [1.807, 2.05) is 25.1 Å². The number of benzene rings is 2. The molecule has 2 aromatic rings. The molecule has 0 aliphatic rings. The van der Waals surface area contributed by atoms with Crippen LogP contribution in [0.2, 0.25) is 0 Å². The third-order valence-electron chi connectivity index (χ3n) is 2.68. The first kappa shape index (κ1) is 11.8. The number of carbonyl (C=O) groups is 1. The zero-order valence-corrected chi connectivity index (χ0v) is 9.98. The maximum atomic E-state index is 11.6. The summed E-state index contributed by atoms with van der Waals surface area (Å²) in [5.74, 6) is 0.127. The van der Waals surface area contributed by atoms with Gasteiger partial charge in [-0.15, -0.1) is 0 Å². The Labute approximate surface area is 101 Å². The lowest BCUT2D eigenvalue weighted by molar-refractivity contribution is -0.122. The summed E-state index contributed by atoms with van der Waals surface area (Å²) in [6.07, 6.45) is 0.449. The van der Waals surface area contributed by atoms with Crippen LogP contribution in [0.25, 0.3) is 10.8 Å². The summed E-state index contributed by atoms with van der Waals surface area (Å²) >= 11 is 0. The number of fused-ring (bicyclic) bond motifs is 1. The van der Waals surface area contributed by atoms with E-state index in [-0.39, 0.29) is 12.4 Å². The van der Waals surface area contributed by atoms with Gasteiger partial charge in [-0.25, -0.2) is 0 Å². The summed E-state index contributed by atoms with van der Waals surface area (Å²) < 4.78 is 5.11. The standard InChI is InChI=1S/C15H16O2/c1-2-17-11-15(16)10-12-7-8-13-5-3-4-6-14(13)9-12/h3-9H,2,10-11H2,1H3. The van der Waals surface area contributed by atoms with Gasteiger partial charge < -0.3 is 4.74 Å². The molecule has 0 atom stereocenters. The van der Waals surface area contributed by atoms with Crippen molar-refractivity contribution in [3.8, 4) is 0 Å². The Bertz CT molecular complexity index is 517. The summed E-state index contributed by atoms with van der Waals surface area (Å²) in [7, 11) is 0. The van der Waals surface area contributed by atoms with E-state index in [1.165, 1.54) is 10.8 Å². The van der Waals surface area contributed by atoms with Crippen molar-refractivity contribution < 1.29 is 9.53 Å². The fourth-order valence-corrected chi connectivity index (χ4v) is 1.84. The summed E-state index contributed by atoms with van der Waals surface area (Å²) in [5.41, 5.74) is 1.05. The van der Waals surface area contributed by atoms with Crippen molar-refractivity contribution in [1.82, 2.24) is 0 Å². The maximum Gasteiger partial charge on any atom is 0.162 e. The van der Waals surface area contributed by atoms with Crippen molar-refractivity contribution in [3.05, 3.63) is 48.0 Å². The van der Waals surface area contributed by atoms with Gasteiger partial charge in [0.15, 0.2) is 5.78 Å². The normalized spacial score (nSPS) is 10.6. The van der Waals surface area contributed by atoms with Gasteiger partial charge in [0.05, 0.1) is 0 Å². The van der Waals surface area contributed by atoms with Crippen LogP contribution in [-0.4, -0.2) is 19.0 Å². The maximum absolute atomic E-state index is 11.6. The Morgan fingerprint density at radius 2 is 1.88 bits per heavy atom. The fourth-order valence-electron chi connectivity index (χ4n) is 1.84. The smallest absolute Gasteiger partial charge is 0.162 e. The summed E-state index contributed by atoms with van der Waals surface area (Å²) in [6, 6.07) is 14.3. The average Bonchev–Trinajstić information content (AvgIpc) is 2.36. The highest BCUT2D eigenvalue weighted by molar-refractivity contribution is 5.86. The highest BCUT2D eigenvalue weighted by Crippen LogP contribution is 2.16. The molecule has 2 heteroatoms. The van der Waals surface area contributed by atoms with Gasteiger partial charge in [-0.3, -0.25) is 4.79 Å². The van der Waals surface area contributed by atoms with Gasteiger partial charge in [-0.05, 0) is 23.3 Å². The lowest BCUT2D eigenvalue weighted by Gasteiger charge is -2.03. The molecule has 0 fully saturated rings. The SMILES string of the molecule is CCOCC(=O)Cc1ccc2ccccc2c1. The van der Waals surface area contributed by atoms with E-state index in [0.29, 0.717) is 13.0 Å². The molecule has 17 heavy (non-hydrogen) atoms. The fraction of sp³-hybridized carbons (Fsp3) is 0.267. The van der Waals surface area contributed by atoms with Crippen molar-refractivity contribution in [2.75, 3.05) is 13.2 Å². The van der Waals surface area contributed by atoms with Crippen LogP contribution in [0, 0.1) is 0 Å². The number of ketones is 1. The minimum Gasteiger partial charge on any atom is -0.374 e. The molecule has 88 valence electrons. The monoisotopic (exact) mass is 228 g/mol. The first-order valence-electron chi connectivity index (χ1n) is 5.86. The molecule has 0 aliphatic heterocycles. The number of carbonyl (C=O) groups excluding carboxylic acids is 1. The quantitative estimate of drug-likeness (QED) is 0.786.